The number of hydrogen-bond donors (Lipinski definition) is 2. The van der Waals surface area contributed by atoms with Gasteiger partial charge in [-0.1, -0.05) is 12.1 Å². The predicted octanol–water partition coefficient (Wildman–Crippen LogP) is 2.96. The number of alkyl halides is 3. The zero-order valence-corrected chi connectivity index (χ0v) is 11.8. The lowest BCUT2D eigenvalue weighted by molar-refractivity contribution is -0.153. The molecule has 0 aliphatic carbocycles. The van der Waals surface area contributed by atoms with E-state index in [0.717, 1.165) is 10.4 Å². The molecule has 2 aromatic rings. The van der Waals surface area contributed by atoms with E-state index in [0.29, 0.717) is 18.2 Å². The topological polar surface area (TPSA) is 60.2 Å². The van der Waals surface area contributed by atoms with Crippen LogP contribution in [-0.4, -0.2) is 17.8 Å². The summed E-state index contributed by atoms with van der Waals surface area (Å²) in [6.07, 6.45) is -2.61. The maximum Gasteiger partial charge on any atom is 0.422 e. The van der Waals surface area contributed by atoms with Gasteiger partial charge >= 0.3 is 6.18 Å². The number of hydrogen-bond acceptors (Lipinski definition) is 5. The number of rotatable bonds is 6. The van der Waals surface area contributed by atoms with Crippen LogP contribution in [0.15, 0.2) is 30.5 Å². The molecule has 0 atom stereocenters. The van der Waals surface area contributed by atoms with Crippen molar-refractivity contribution in [3.63, 3.8) is 0 Å². The molecule has 21 heavy (non-hydrogen) atoms. The van der Waals surface area contributed by atoms with Crippen LogP contribution in [0.2, 0.25) is 0 Å². The van der Waals surface area contributed by atoms with Gasteiger partial charge in [-0.2, -0.15) is 13.2 Å². The molecule has 0 saturated carbocycles. The van der Waals surface area contributed by atoms with Gasteiger partial charge in [0.2, 0.25) is 0 Å². The lowest BCUT2D eigenvalue weighted by Crippen LogP contribution is -2.19. The van der Waals surface area contributed by atoms with E-state index in [1.807, 2.05) is 0 Å². The summed E-state index contributed by atoms with van der Waals surface area (Å²) in [5.74, 6) is 0.200. The van der Waals surface area contributed by atoms with Crippen LogP contribution < -0.4 is 15.8 Å². The van der Waals surface area contributed by atoms with Crippen LogP contribution in [0.3, 0.4) is 0 Å². The van der Waals surface area contributed by atoms with Crippen LogP contribution in [-0.2, 0) is 13.1 Å². The normalized spacial score (nSPS) is 11.6. The van der Waals surface area contributed by atoms with E-state index in [4.69, 9.17) is 5.73 Å². The van der Waals surface area contributed by atoms with Gasteiger partial charge in [0.05, 0.1) is 0 Å². The fourth-order valence-electron chi connectivity index (χ4n) is 1.60. The highest BCUT2D eigenvalue weighted by atomic mass is 32.1. The highest BCUT2D eigenvalue weighted by molar-refractivity contribution is 7.15. The molecule has 0 unspecified atom stereocenters. The Kier molecular flexibility index (Phi) is 5.03. The van der Waals surface area contributed by atoms with E-state index in [-0.39, 0.29) is 5.75 Å². The van der Waals surface area contributed by atoms with Gasteiger partial charge in [0, 0.05) is 24.2 Å². The van der Waals surface area contributed by atoms with Gasteiger partial charge in [-0.05, 0) is 17.7 Å². The summed E-state index contributed by atoms with van der Waals surface area (Å²) in [6, 6.07) is 6.49. The standard InChI is InChI=1S/C13H14F3N3OS/c14-13(15,16)8-20-10-3-1-9(2-4-10)5-18-6-11-7-19-12(17)21-11/h1-4,7,18H,5-6,8H2,(H2,17,19). The Morgan fingerprint density at radius 3 is 2.48 bits per heavy atom. The quantitative estimate of drug-likeness (QED) is 0.860. The Bertz CT molecular complexity index is 569. The molecule has 1 aromatic carbocycles. The molecule has 0 saturated heterocycles. The Morgan fingerprint density at radius 2 is 1.90 bits per heavy atom. The van der Waals surface area contributed by atoms with Crippen molar-refractivity contribution in [3.05, 3.63) is 40.9 Å². The molecule has 4 nitrogen and oxygen atoms in total. The monoisotopic (exact) mass is 317 g/mol. The lowest BCUT2D eigenvalue weighted by Gasteiger charge is -2.09. The summed E-state index contributed by atoms with van der Waals surface area (Å²) in [7, 11) is 0. The molecule has 0 fully saturated rings. The molecule has 0 bridgehead atoms. The molecule has 1 heterocycles. The zero-order chi connectivity index (χ0) is 15.3. The van der Waals surface area contributed by atoms with Crippen LogP contribution in [0.5, 0.6) is 5.75 Å². The van der Waals surface area contributed by atoms with E-state index < -0.39 is 12.8 Å². The molecule has 0 aliphatic rings. The van der Waals surface area contributed by atoms with Crippen molar-refractivity contribution < 1.29 is 17.9 Å². The van der Waals surface area contributed by atoms with Crippen LogP contribution in [0.1, 0.15) is 10.4 Å². The maximum absolute atomic E-state index is 12.0. The van der Waals surface area contributed by atoms with Gasteiger partial charge in [0.25, 0.3) is 0 Å². The largest absolute Gasteiger partial charge is 0.484 e. The smallest absolute Gasteiger partial charge is 0.422 e. The van der Waals surface area contributed by atoms with Crippen molar-refractivity contribution in [2.45, 2.75) is 19.3 Å². The maximum atomic E-state index is 12.0. The Balaban J connectivity index is 1.77. The number of anilines is 1. The number of benzene rings is 1. The number of ether oxygens (including phenoxy) is 1. The molecule has 114 valence electrons. The summed E-state index contributed by atoms with van der Waals surface area (Å²) in [6.45, 7) is -0.0457. The third-order valence-corrected chi connectivity index (χ3v) is 3.35. The van der Waals surface area contributed by atoms with Crippen LogP contribution in [0, 0.1) is 0 Å². The molecule has 1 aromatic heterocycles. The van der Waals surface area contributed by atoms with Crippen LogP contribution in [0.4, 0.5) is 18.3 Å². The summed E-state index contributed by atoms with van der Waals surface area (Å²) in [4.78, 5) is 4.97. The molecule has 2 rings (SSSR count). The second kappa shape index (κ2) is 6.77. The van der Waals surface area contributed by atoms with Crippen molar-refractivity contribution in [2.24, 2.45) is 0 Å². The lowest BCUT2D eigenvalue weighted by atomic mass is 10.2. The molecular weight excluding hydrogens is 303 g/mol. The van der Waals surface area contributed by atoms with E-state index in [1.54, 1.807) is 18.3 Å². The summed E-state index contributed by atoms with van der Waals surface area (Å²) in [5, 5.41) is 3.73. The molecule has 0 radical (unpaired) electrons. The average molecular weight is 317 g/mol. The summed E-state index contributed by atoms with van der Waals surface area (Å²) < 4.78 is 40.6. The minimum Gasteiger partial charge on any atom is -0.484 e. The number of aromatic nitrogens is 1. The minimum atomic E-state index is -4.32. The molecule has 0 spiro atoms. The van der Waals surface area contributed by atoms with Gasteiger partial charge in [0.1, 0.15) is 5.75 Å². The van der Waals surface area contributed by atoms with Crippen molar-refractivity contribution in [2.75, 3.05) is 12.3 Å². The van der Waals surface area contributed by atoms with E-state index in [9.17, 15) is 13.2 Å². The van der Waals surface area contributed by atoms with E-state index >= 15 is 0 Å². The Hall–Kier alpha value is -1.80. The molecule has 3 N–H and O–H groups in total. The first-order valence-electron chi connectivity index (χ1n) is 6.12. The van der Waals surface area contributed by atoms with Crippen LogP contribution in [0.25, 0.3) is 0 Å². The zero-order valence-electron chi connectivity index (χ0n) is 11.0. The Labute approximate surface area is 123 Å². The van der Waals surface area contributed by atoms with Crippen molar-refractivity contribution in [1.82, 2.24) is 10.3 Å². The van der Waals surface area contributed by atoms with Crippen molar-refractivity contribution in [3.8, 4) is 5.75 Å². The number of nitrogens with zero attached hydrogens (tertiary/aromatic N) is 1. The molecule has 8 heteroatoms. The third kappa shape index (κ3) is 5.60. The molecular formula is C13H14F3N3OS. The Morgan fingerprint density at radius 1 is 1.19 bits per heavy atom. The SMILES string of the molecule is Nc1ncc(CNCc2ccc(OCC(F)(F)F)cc2)s1. The van der Waals surface area contributed by atoms with Gasteiger partial charge in [-0.15, -0.1) is 11.3 Å². The average Bonchev–Trinajstić information content (AvgIpc) is 2.83. The molecule has 0 aliphatic heterocycles. The predicted molar refractivity (Wildman–Crippen MR) is 75.1 cm³/mol. The van der Waals surface area contributed by atoms with Gasteiger partial charge in [-0.3, -0.25) is 0 Å². The number of thiazole rings is 1. The molecule has 0 amide bonds. The second-order valence-electron chi connectivity index (χ2n) is 4.32. The first-order chi connectivity index (χ1) is 9.92. The van der Waals surface area contributed by atoms with E-state index in [2.05, 4.69) is 15.0 Å². The summed E-state index contributed by atoms with van der Waals surface area (Å²) in [5.41, 5.74) is 6.47. The highest BCUT2D eigenvalue weighted by Gasteiger charge is 2.28. The van der Waals surface area contributed by atoms with E-state index in [1.165, 1.54) is 23.5 Å². The number of nitrogens with one attached hydrogen (secondary N) is 1. The minimum absolute atomic E-state index is 0.200. The van der Waals surface area contributed by atoms with Gasteiger partial charge in [-0.25, -0.2) is 4.98 Å². The number of nitrogen functional groups attached to an aromatic ring is 1. The fourth-order valence-corrected chi connectivity index (χ4v) is 2.26. The van der Waals surface area contributed by atoms with Crippen molar-refractivity contribution >= 4 is 16.5 Å². The first kappa shape index (κ1) is 15.6. The summed E-state index contributed by atoms with van der Waals surface area (Å²) >= 11 is 1.41. The number of halogens is 3. The second-order valence-corrected chi connectivity index (χ2v) is 5.46. The van der Waals surface area contributed by atoms with Gasteiger partial charge in [0.15, 0.2) is 11.7 Å². The van der Waals surface area contributed by atoms with Crippen molar-refractivity contribution in [1.29, 1.82) is 0 Å². The number of nitrogens with two attached hydrogens (primary N) is 1. The van der Waals surface area contributed by atoms with Crippen LogP contribution >= 0.6 is 11.3 Å². The van der Waals surface area contributed by atoms with Gasteiger partial charge < -0.3 is 15.8 Å². The fraction of sp³-hybridized carbons (Fsp3) is 0.308. The first-order valence-corrected chi connectivity index (χ1v) is 6.93. The highest BCUT2D eigenvalue weighted by Crippen LogP contribution is 2.19. The third-order valence-electron chi connectivity index (χ3n) is 2.53.